The summed E-state index contributed by atoms with van der Waals surface area (Å²) in [5.41, 5.74) is 0. The first-order valence-corrected chi connectivity index (χ1v) is 3.16. The van der Waals surface area contributed by atoms with Crippen LogP contribution < -0.4 is 0 Å². The van der Waals surface area contributed by atoms with Crippen molar-refractivity contribution in [1.82, 2.24) is 0 Å². The van der Waals surface area contributed by atoms with E-state index in [1.807, 2.05) is 0 Å². The maximum Gasteiger partial charge on any atom is 0.131 e. The molecule has 0 aliphatic rings. The van der Waals surface area contributed by atoms with E-state index in [2.05, 4.69) is 11.6 Å². The maximum absolute atomic E-state index is 5.32. The van der Waals surface area contributed by atoms with Gasteiger partial charge in [-0.25, -0.2) is 0 Å². The van der Waals surface area contributed by atoms with Crippen LogP contribution in [0.25, 0.3) is 0 Å². The van der Waals surface area contributed by atoms with Gasteiger partial charge in [-0.05, 0) is 0 Å². The smallest absolute Gasteiger partial charge is 0.131 e. The topological polar surface area (TPSA) is 0 Å². The Bertz CT molecular complexity index is 151. The molecule has 0 fully saturated rings. The average molecular weight is 121 g/mol. The van der Waals surface area contributed by atoms with E-state index in [-0.39, 0.29) is 6.49 Å². The highest BCUT2D eigenvalue weighted by Gasteiger charge is 2.12. The fraction of sp³-hybridized carbons (Fsp3) is 0. The fourth-order valence-corrected chi connectivity index (χ4v) is 0.465. The van der Waals surface area contributed by atoms with Crippen molar-refractivity contribution in [3.63, 3.8) is 0 Å². The molecule has 0 aliphatic heterocycles. The molecule has 0 bridgehead atoms. The Morgan fingerprint density at radius 2 is 1.55 bits per heavy atom. The first kappa shape index (κ1) is 11.1. The summed E-state index contributed by atoms with van der Waals surface area (Å²) < 4.78 is 0. The van der Waals surface area contributed by atoms with Crippen LogP contribution in [0, 0.1) is 11.6 Å². The molecule has 0 N–H and O–H groups in total. The van der Waals surface area contributed by atoms with Crippen LogP contribution in [0.15, 0.2) is 0 Å². The van der Waals surface area contributed by atoms with Crippen molar-refractivity contribution in [2.45, 2.75) is 0 Å². The molecule has 9 heteroatoms. The molecule has 0 atom stereocenters. The molecule has 0 saturated heterocycles. The van der Waals surface area contributed by atoms with Gasteiger partial charge in [-0.3, -0.25) is 0 Å². The molecule has 11 radical (unpaired) electrons. The summed E-state index contributed by atoms with van der Waals surface area (Å²) in [7, 11) is 27.5. The summed E-state index contributed by atoms with van der Waals surface area (Å²) in [5.74, 6) is 5.15. The van der Waals surface area contributed by atoms with E-state index < -0.39 is 12.9 Å². The zero-order valence-electron chi connectivity index (χ0n) is 6.20. The Labute approximate surface area is 77.2 Å². The summed E-state index contributed by atoms with van der Waals surface area (Å²) in [5, 5.41) is 0. The molecule has 0 saturated carbocycles. The van der Waals surface area contributed by atoms with E-state index in [9.17, 15) is 0 Å². The van der Waals surface area contributed by atoms with E-state index in [0.29, 0.717) is 0 Å². The Kier molecular flexibility index (Phi) is 5.83. The van der Waals surface area contributed by atoms with Gasteiger partial charge in [0.25, 0.3) is 0 Å². The molecule has 0 rings (SSSR count). The molecule has 0 spiro atoms. The van der Waals surface area contributed by atoms with Crippen molar-refractivity contribution in [2.75, 3.05) is 0 Å². The summed E-state index contributed by atoms with van der Waals surface area (Å²) >= 11 is 0. The standard InChI is InChI=1S/C2B9/c3-8-10(11(6)7)2-1-9(4)5. The predicted octanol–water partition coefficient (Wildman–Crippen LogP) is -3.42. The second-order valence-corrected chi connectivity index (χ2v) is 2.11. The lowest BCUT2D eigenvalue weighted by atomic mass is 8.81. The van der Waals surface area contributed by atoms with Crippen molar-refractivity contribution >= 4 is 65.1 Å². The minimum absolute atomic E-state index is 0.357. The van der Waals surface area contributed by atoms with Crippen LogP contribution in [0.5, 0.6) is 0 Å². The lowest BCUT2D eigenvalue weighted by molar-refractivity contribution is 2.84. The average Bonchev–Trinajstić information content (AvgIpc) is 1.87. The van der Waals surface area contributed by atoms with Crippen LogP contribution in [-0.2, 0) is 0 Å². The molecular weight excluding hydrogens is 121 g/mol. The number of rotatable bonds is 2. The molecule has 35 valence electrons. The largest absolute Gasteiger partial charge is 0.191 e. The first-order valence-electron chi connectivity index (χ1n) is 3.16. The van der Waals surface area contributed by atoms with Crippen LogP contribution >= 0.6 is 0 Å². The third kappa shape index (κ3) is 5.42. The fourth-order valence-electron chi connectivity index (χ4n) is 0.465. The van der Waals surface area contributed by atoms with Crippen LogP contribution in [0.2, 0.25) is 0 Å². The second-order valence-electron chi connectivity index (χ2n) is 2.11. The highest BCUT2D eigenvalue weighted by atomic mass is 13.3. The van der Waals surface area contributed by atoms with Gasteiger partial charge >= 0.3 is 0 Å². The minimum atomic E-state index is -0.670. The molecule has 0 unspecified atom stereocenters. The third-order valence-electron chi connectivity index (χ3n) is 1.04. The van der Waals surface area contributed by atoms with E-state index >= 15 is 0 Å². The second kappa shape index (κ2) is 5.75. The molecule has 0 amide bonds. The zero-order chi connectivity index (χ0) is 8.85. The molecule has 11 heavy (non-hydrogen) atoms. The van der Waals surface area contributed by atoms with Gasteiger partial charge in [-0.2, -0.15) is 11.6 Å². The Morgan fingerprint density at radius 3 is 1.82 bits per heavy atom. The van der Waals surface area contributed by atoms with Crippen molar-refractivity contribution in [3.8, 4) is 11.6 Å². The van der Waals surface area contributed by atoms with Crippen molar-refractivity contribution < 1.29 is 0 Å². The number of hydrogen-bond donors (Lipinski definition) is 0. The Morgan fingerprint density at radius 1 is 1.00 bits per heavy atom. The van der Waals surface area contributed by atoms with Gasteiger partial charge in [0.15, 0.2) is 0 Å². The van der Waals surface area contributed by atoms with Crippen molar-refractivity contribution in [2.24, 2.45) is 0 Å². The van der Waals surface area contributed by atoms with E-state index in [1.54, 1.807) is 0 Å². The van der Waals surface area contributed by atoms with Crippen LogP contribution in [0.1, 0.15) is 0 Å². The summed E-state index contributed by atoms with van der Waals surface area (Å²) in [6, 6.07) is 0. The highest BCUT2D eigenvalue weighted by Crippen LogP contribution is 1.77. The quantitative estimate of drug-likeness (QED) is 0.264. The van der Waals surface area contributed by atoms with Gasteiger partial charge in [0.2, 0.25) is 0 Å². The molecule has 0 aliphatic carbocycles. The minimum Gasteiger partial charge on any atom is -0.191 e. The predicted molar refractivity (Wildman–Crippen MR) is 59.6 cm³/mol. The molecule has 0 heterocycles. The molecule has 0 nitrogen and oxygen atoms in total. The SMILES string of the molecule is [B][B]B(C#CB([B])[B])B([B])[B]. The highest BCUT2D eigenvalue weighted by molar-refractivity contribution is 7.74. The molecular formula is C2B9. The van der Waals surface area contributed by atoms with Crippen LogP contribution in [0.3, 0.4) is 0 Å². The monoisotopic (exact) mass is 123 g/mol. The Hall–Kier alpha value is 0.144. The summed E-state index contributed by atoms with van der Waals surface area (Å²) in [6.07, 6.45) is -0.591. The van der Waals surface area contributed by atoms with Gasteiger partial charge in [0.1, 0.15) is 13.0 Å². The van der Waals surface area contributed by atoms with E-state index in [1.165, 1.54) is 7.06 Å². The van der Waals surface area contributed by atoms with Gasteiger partial charge in [-0.15, -0.1) is 0 Å². The van der Waals surface area contributed by atoms with Crippen LogP contribution in [-0.4, -0.2) is 65.1 Å². The molecule has 0 aromatic heterocycles. The zero-order valence-corrected chi connectivity index (χ0v) is 6.20. The number of hydrogen-bond acceptors (Lipinski definition) is 0. The van der Waals surface area contributed by atoms with Crippen LogP contribution in [0.4, 0.5) is 0 Å². The molecule has 0 aromatic carbocycles. The maximum atomic E-state index is 5.32. The normalized spacial score (nSPS) is 7.27. The van der Waals surface area contributed by atoms with Gasteiger partial charge in [0, 0.05) is 52.1 Å². The van der Waals surface area contributed by atoms with Gasteiger partial charge < -0.3 is 0 Å². The Balaban J connectivity index is 4.00. The summed E-state index contributed by atoms with van der Waals surface area (Å²) in [6.45, 7) is -1.03. The molecule has 0 aromatic rings. The van der Waals surface area contributed by atoms with Crippen molar-refractivity contribution in [1.29, 1.82) is 0 Å². The van der Waals surface area contributed by atoms with Gasteiger partial charge in [0.05, 0.1) is 0 Å². The lowest BCUT2D eigenvalue weighted by Crippen LogP contribution is -2.42. The summed E-state index contributed by atoms with van der Waals surface area (Å²) in [4.78, 5) is 0. The lowest BCUT2D eigenvalue weighted by Gasteiger charge is -2.05. The van der Waals surface area contributed by atoms with E-state index in [0.717, 1.165) is 0 Å². The first-order chi connectivity index (χ1) is 5.07. The van der Waals surface area contributed by atoms with Crippen molar-refractivity contribution in [3.05, 3.63) is 0 Å². The third-order valence-corrected chi connectivity index (χ3v) is 1.04. The van der Waals surface area contributed by atoms with E-state index in [4.69, 9.17) is 38.7 Å². The van der Waals surface area contributed by atoms with Gasteiger partial charge in [-0.1, -0.05) is 0 Å².